The molecule has 1 aromatic carbocycles. The summed E-state index contributed by atoms with van der Waals surface area (Å²) in [5.41, 5.74) is 2.00. The Morgan fingerprint density at radius 1 is 0.842 bits per heavy atom. The van der Waals surface area contributed by atoms with E-state index in [1.807, 2.05) is 12.1 Å². The second kappa shape index (κ2) is 4.35. The number of hydrogen-bond acceptors (Lipinski definition) is 5. The fourth-order valence-electron chi connectivity index (χ4n) is 2.81. The molecule has 2 aliphatic heterocycles. The van der Waals surface area contributed by atoms with Crippen molar-refractivity contribution in [3.05, 3.63) is 34.8 Å². The van der Waals surface area contributed by atoms with Gasteiger partial charge >= 0.3 is 0 Å². The van der Waals surface area contributed by atoms with E-state index in [1.165, 1.54) is 0 Å². The molecule has 0 radical (unpaired) electrons. The van der Waals surface area contributed by atoms with Gasteiger partial charge in [0.2, 0.25) is 0 Å². The van der Waals surface area contributed by atoms with E-state index in [4.69, 9.17) is 23.7 Å². The normalized spacial score (nSPS) is 23.4. The van der Waals surface area contributed by atoms with Gasteiger partial charge in [0, 0.05) is 5.56 Å². The van der Waals surface area contributed by atoms with E-state index in [2.05, 4.69) is 0 Å². The Morgan fingerprint density at radius 3 is 2.11 bits per heavy atom. The van der Waals surface area contributed by atoms with Crippen LogP contribution in [0.4, 0.5) is 0 Å². The molecule has 2 heterocycles. The minimum absolute atomic E-state index is 0.222. The van der Waals surface area contributed by atoms with E-state index in [1.54, 1.807) is 28.4 Å². The highest BCUT2D eigenvalue weighted by atomic mass is 16.6. The largest absolute Gasteiger partial charge is 0.494 e. The summed E-state index contributed by atoms with van der Waals surface area (Å²) in [6.45, 7) is 0. The molecule has 5 nitrogen and oxygen atoms in total. The lowest BCUT2D eigenvalue weighted by Crippen LogP contribution is -2.09. The second-order valence-corrected chi connectivity index (χ2v) is 4.34. The van der Waals surface area contributed by atoms with E-state index in [0.717, 1.165) is 16.9 Å². The lowest BCUT2D eigenvalue weighted by Gasteiger charge is -2.20. The van der Waals surface area contributed by atoms with Gasteiger partial charge in [-0.3, -0.25) is 0 Å². The highest BCUT2D eigenvalue weighted by Crippen LogP contribution is 2.58. The van der Waals surface area contributed by atoms with Gasteiger partial charge in [-0.15, -0.1) is 0 Å². The summed E-state index contributed by atoms with van der Waals surface area (Å²) in [6, 6.07) is 3.86. The first kappa shape index (κ1) is 12.2. The van der Waals surface area contributed by atoms with Crippen LogP contribution in [0.2, 0.25) is 0 Å². The molecule has 0 amide bonds. The molecule has 2 bridgehead atoms. The molecule has 0 fully saturated rings. The Bertz CT molecular complexity index is 549. The molecular weight excluding hydrogens is 248 g/mol. The van der Waals surface area contributed by atoms with E-state index < -0.39 is 0 Å². The summed E-state index contributed by atoms with van der Waals surface area (Å²) in [5, 5.41) is 0. The monoisotopic (exact) mass is 264 g/mol. The SMILES string of the molecule is COC1=C(OC)C2OC1c1ccc(OC)c(OC)c12. The first-order chi connectivity index (χ1) is 9.26. The van der Waals surface area contributed by atoms with Gasteiger partial charge in [-0.25, -0.2) is 0 Å². The van der Waals surface area contributed by atoms with Crippen LogP contribution in [0, 0.1) is 0 Å². The van der Waals surface area contributed by atoms with Crippen molar-refractivity contribution in [3.63, 3.8) is 0 Å². The Hall–Kier alpha value is -1.88. The molecule has 102 valence electrons. The molecule has 0 saturated heterocycles. The number of methoxy groups -OCH3 is 4. The lowest BCUT2D eigenvalue weighted by molar-refractivity contribution is 0.0436. The van der Waals surface area contributed by atoms with Crippen LogP contribution in [0.1, 0.15) is 23.3 Å². The standard InChI is InChI=1S/C14H16O5/c1-15-8-6-5-7-9(11(8)16-2)12-14(18-4)13(17-3)10(7)19-12/h5-6,10,12H,1-4H3. The summed E-state index contributed by atoms with van der Waals surface area (Å²) in [7, 11) is 6.48. The molecule has 19 heavy (non-hydrogen) atoms. The zero-order valence-electron chi connectivity index (χ0n) is 11.4. The number of benzene rings is 1. The third-order valence-electron chi connectivity index (χ3n) is 3.59. The Kier molecular flexibility index (Phi) is 2.78. The molecule has 2 aliphatic rings. The summed E-state index contributed by atoms with van der Waals surface area (Å²) in [6.07, 6.45) is -0.509. The maximum atomic E-state index is 5.93. The highest BCUT2D eigenvalue weighted by molar-refractivity contribution is 5.59. The van der Waals surface area contributed by atoms with Gasteiger partial charge in [-0.05, 0) is 11.6 Å². The Balaban J connectivity index is 2.17. The first-order valence-electron chi connectivity index (χ1n) is 5.99. The predicted molar refractivity (Wildman–Crippen MR) is 67.2 cm³/mol. The summed E-state index contributed by atoms with van der Waals surface area (Å²) < 4.78 is 27.5. The molecule has 0 aromatic heterocycles. The van der Waals surface area contributed by atoms with Crippen LogP contribution in [-0.4, -0.2) is 28.4 Å². The van der Waals surface area contributed by atoms with Gasteiger partial charge in [0.25, 0.3) is 0 Å². The van der Waals surface area contributed by atoms with E-state index in [-0.39, 0.29) is 12.2 Å². The van der Waals surface area contributed by atoms with Crippen LogP contribution in [0.5, 0.6) is 11.5 Å². The summed E-state index contributed by atoms with van der Waals surface area (Å²) >= 11 is 0. The van der Waals surface area contributed by atoms with Gasteiger partial charge in [-0.2, -0.15) is 0 Å². The van der Waals surface area contributed by atoms with Crippen LogP contribution in [-0.2, 0) is 14.2 Å². The smallest absolute Gasteiger partial charge is 0.170 e. The minimum Gasteiger partial charge on any atom is -0.494 e. The maximum Gasteiger partial charge on any atom is 0.170 e. The first-order valence-corrected chi connectivity index (χ1v) is 5.99. The Labute approximate surface area is 111 Å². The molecule has 2 atom stereocenters. The average Bonchev–Trinajstić information content (AvgIpc) is 3.00. The van der Waals surface area contributed by atoms with Gasteiger partial charge < -0.3 is 23.7 Å². The number of ether oxygens (including phenoxy) is 5. The zero-order chi connectivity index (χ0) is 13.6. The van der Waals surface area contributed by atoms with Crippen molar-refractivity contribution in [2.45, 2.75) is 12.2 Å². The molecule has 0 aliphatic carbocycles. The van der Waals surface area contributed by atoms with Crippen LogP contribution in [0.15, 0.2) is 23.7 Å². The quantitative estimate of drug-likeness (QED) is 0.835. The number of fused-ring (bicyclic) bond motifs is 5. The average molecular weight is 264 g/mol. The van der Waals surface area contributed by atoms with Crippen molar-refractivity contribution >= 4 is 0 Å². The van der Waals surface area contributed by atoms with Crippen molar-refractivity contribution in [3.8, 4) is 11.5 Å². The fraction of sp³-hybridized carbons (Fsp3) is 0.429. The molecule has 2 unspecified atom stereocenters. The fourth-order valence-corrected chi connectivity index (χ4v) is 2.81. The number of hydrogen-bond donors (Lipinski definition) is 0. The van der Waals surface area contributed by atoms with E-state index in [0.29, 0.717) is 17.3 Å². The van der Waals surface area contributed by atoms with Crippen LogP contribution in [0.3, 0.4) is 0 Å². The van der Waals surface area contributed by atoms with E-state index in [9.17, 15) is 0 Å². The van der Waals surface area contributed by atoms with Crippen molar-refractivity contribution in [1.82, 2.24) is 0 Å². The topological polar surface area (TPSA) is 46.2 Å². The molecule has 0 N–H and O–H groups in total. The van der Waals surface area contributed by atoms with Crippen molar-refractivity contribution in [2.75, 3.05) is 28.4 Å². The van der Waals surface area contributed by atoms with Gasteiger partial charge in [0.15, 0.2) is 23.0 Å². The highest BCUT2D eigenvalue weighted by Gasteiger charge is 2.49. The summed E-state index contributed by atoms with van der Waals surface area (Å²) in [4.78, 5) is 0. The molecule has 3 rings (SSSR count). The molecular formula is C14H16O5. The number of rotatable bonds is 4. The molecule has 0 saturated carbocycles. The second-order valence-electron chi connectivity index (χ2n) is 4.34. The summed E-state index contributed by atoms with van der Waals surface area (Å²) in [5.74, 6) is 2.81. The van der Waals surface area contributed by atoms with Crippen LogP contribution < -0.4 is 9.47 Å². The zero-order valence-corrected chi connectivity index (χ0v) is 11.4. The maximum absolute atomic E-state index is 5.93. The minimum atomic E-state index is -0.287. The van der Waals surface area contributed by atoms with Crippen molar-refractivity contribution in [1.29, 1.82) is 0 Å². The molecule has 5 heteroatoms. The van der Waals surface area contributed by atoms with Crippen LogP contribution in [0.25, 0.3) is 0 Å². The van der Waals surface area contributed by atoms with Crippen molar-refractivity contribution in [2.24, 2.45) is 0 Å². The molecule has 1 aromatic rings. The van der Waals surface area contributed by atoms with Gasteiger partial charge in [0.1, 0.15) is 12.2 Å². The molecule has 0 spiro atoms. The Morgan fingerprint density at radius 2 is 1.53 bits per heavy atom. The van der Waals surface area contributed by atoms with Gasteiger partial charge in [-0.1, -0.05) is 6.07 Å². The van der Waals surface area contributed by atoms with Crippen LogP contribution >= 0.6 is 0 Å². The van der Waals surface area contributed by atoms with E-state index >= 15 is 0 Å². The van der Waals surface area contributed by atoms with Gasteiger partial charge in [0.05, 0.1) is 28.4 Å². The lowest BCUT2D eigenvalue weighted by atomic mass is 9.93. The third kappa shape index (κ3) is 1.45. The van der Waals surface area contributed by atoms with Crippen molar-refractivity contribution < 1.29 is 23.7 Å². The predicted octanol–water partition coefficient (Wildman–Crippen LogP) is 2.33. The third-order valence-corrected chi connectivity index (χ3v) is 3.59.